The molecule has 2 N–H and O–H groups in total. The minimum atomic E-state index is -2.94. The van der Waals surface area contributed by atoms with Crippen LogP contribution in [0.2, 0.25) is 0 Å². The molecule has 1 aromatic carbocycles. The zero-order valence-electron chi connectivity index (χ0n) is 18.0. The molecule has 0 spiro atoms. The molecule has 29 heavy (non-hydrogen) atoms. The minimum Gasteiger partial charge on any atom is -0.354 e. The lowest BCUT2D eigenvalue weighted by atomic mass is 10.1. The number of nitrogens with zero attached hydrogens (tertiary/aromatic N) is 2. The van der Waals surface area contributed by atoms with Gasteiger partial charge in [-0.1, -0.05) is 37.1 Å². The fraction of sp³-hybridized carbons (Fsp3) is 0.667. The first-order valence-electron chi connectivity index (χ1n) is 10.3. The molecule has 1 aliphatic heterocycles. The van der Waals surface area contributed by atoms with Gasteiger partial charge in [0.15, 0.2) is 5.96 Å². The Hall–Kier alpha value is -0.870. The average Bonchev–Trinajstić information content (AvgIpc) is 2.92. The Bertz CT molecular complexity index is 732. The first kappa shape index (κ1) is 26.2. The predicted molar refractivity (Wildman–Crippen MR) is 133 cm³/mol. The van der Waals surface area contributed by atoms with Gasteiger partial charge in [-0.3, -0.25) is 9.89 Å². The van der Waals surface area contributed by atoms with E-state index in [2.05, 4.69) is 44.8 Å². The van der Waals surface area contributed by atoms with Crippen molar-refractivity contribution >= 4 is 39.8 Å². The van der Waals surface area contributed by atoms with Gasteiger partial charge in [0.25, 0.3) is 0 Å². The van der Waals surface area contributed by atoms with Crippen LogP contribution >= 0.6 is 24.0 Å². The van der Waals surface area contributed by atoms with Crippen LogP contribution in [0.1, 0.15) is 50.2 Å². The SMILES string of the molecule is CN=C(NCc1cccc(CN2CCCCCC2)c1)NC(C)CCS(C)(=O)=O.I. The van der Waals surface area contributed by atoms with E-state index in [1.807, 2.05) is 6.92 Å². The standard InChI is InChI=1S/C21H36N4O2S.HI/c1-18(11-14-28(3,26)27)24-21(22-2)23-16-19-9-8-10-20(15-19)17-25-12-6-4-5-7-13-25;/h8-10,15,18H,4-7,11-14,16-17H2,1-3H3,(H2,22,23,24);1H. The summed E-state index contributed by atoms with van der Waals surface area (Å²) in [5.41, 5.74) is 2.57. The molecular weight excluding hydrogens is 499 g/mol. The van der Waals surface area contributed by atoms with Gasteiger partial charge in [-0.25, -0.2) is 8.42 Å². The van der Waals surface area contributed by atoms with E-state index >= 15 is 0 Å². The minimum absolute atomic E-state index is 0. The molecule has 1 aliphatic rings. The quantitative estimate of drug-likeness (QED) is 0.304. The van der Waals surface area contributed by atoms with Crippen molar-refractivity contribution in [3.8, 4) is 0 Å². The Labute approximate surface area is 193 Å². The Balaban J connectivity index is 0.00000420. The number of aliphatic imine (C=N–C) groups is 1. The molecule has 166 valence electrons. The molecule has 0 radical (unpaired) electrons. The Morgan fingerprint density at radius 1 is 1.17 bits per heavy atom. The van der Waals surface area contributed by atoms with Crippen LogP contribution in [0.5, 0.6) is 0 Å². The lowest BCUT2D eigenvalue weighted by Gasteiger charge is -2.20. The highest BCUT2D eigenvalue weighted by molar-refractivity contribution is 14.0. The van der Waals surface area contributed by atoms with Crippen LogP contribution in [0.4, 0.5) is 0 Å². The highest BCUT2D eigenvalue weighted by Gasteiger charge is 2.11. The van der Waals surface area contributed by atoms with E-state index in [0.717, 1.165) is 6.54 Å². The van der Waals surface area contributed by atoms with Crippen molar-refractivity contribution in [1.82, 2.24) is 15.5 Å². The summed E-state index contributed by atoms with van der Waals surface area (Å²) < 4.78 is 22.6. The molecule has 0 bridgehead atoms. The summed E-state index contributed by atoms with van der Waals surface area (Å²) in [6.07, 6.45) is 7.15. The molecule has 1 atom stereocenters. The van der Waals surface area contributed by atoms with Crippen LogP contribution in [0.25, 0.3) is 0 Å². The van der Waals surface area contributed by atoms with Gasteiger partial charge in [0.05, 0.1) is 5.75 Å². The molecule has 0 amide bonds. The van der Waals surface area contributed by atoms with Gasteiger partial charge < -0.3 is 10.6 Å². The van der Waals surface area contributed by atoms with Gasteiger partial charge in [0.2, 0.25) is 0 Å². The fourth-order valence-corrected chi connectivity index (χ4v) is 4.25. The van der Waals surface area contributed by atoms with E-state index in [0.29, 0.717) is 18.9 Å². The summed E-state index contributed by atoms with van der Waals surface area (Å²) in [5.74, 6) is 0.871. The van der Waals surface area contributed by atoms with Gasteiger partial charge in [0, 0.05) is 32.4 Å². The van der Waals surface area contributed by atoms with Crippen LogP contribution in [-0.4, -0.2) is 57.5 Å². The molecule has 0 aliphatic carbocycles. The smallest absolute Gasteiger partial charge is 0.191 e. The molecule has 1 unspecified atom stereocenters. The van der Waals surface area contributed by atoms with Crippen LogP contribution < -0.4 is 10.6 Å². The average molecular weight is 537 g/mol. The van der Waals surface area contributed by atoms with E-state index in [1.54, 1.807) is 7.05 Å². The summed E-state index contributed by atoms with van der Waals surface area (Å²) in [7, 11) is -1.21. The van der Waals surface area contributed by atoms with Crippen molar-refractivity contribution in [2.45, 2.75) is 58.2 Å². The number of nitrogens with one attached hydrogen (secondary N) is 2. The van der Waals surface area contributed by atoms with E-state index < -0.39 is 9.84 Å². The molecule has 0 aromatic heterocycles. The molecule has 8 heteroatoms. The van der Waals surface area contributed by atoms with Crippen molar-refractivity contribution in [3.05, 3.63) is 35.4 Å². The molecule has 1 aromatic rings. The first-order valence-corrected chi connectivity index (χ1v) is 12.4. The van der Waals surface area contributed by atoms with Crippen molar-refractivity contribution in [3.63, 3.8) is 0 Å². The second-order valence-electron chi connectivity index (χ2n) is 7.90. The molecule has 6 nitrogen and oxygen atoms in total. The maximum Gasteiger partial charge on any atom is 0.191 e. The third-order valence-electron chi connectivity index (χ3n) is 5.08. The molecule has 1 saturated heterocycles. The molecule has 0 saturated carbocycles. The van der Waals surface area contributed by atoms with Crippen LogP contribution in [0.15, 0.2) is 29.3 Å². The second-order valence-corrected chi connectivity index (χ2v) is 10.2. The van der Waals surface area contributed by atoms with Crippen LogP contribution in [-0.2, 0) is 22.9 Å². The number of halogens is 1. The molecule has 1 fully saturated rings. The molecule has 2 rings (SSSR count). The zero-order valence-corrected chi connectivity index (χ0v) is 21.1. The summed E-state index contributed by atoms with van der Waals surface area (Å²) in [4.78, 5) is 6.81. The second kappa shape index (κ2) is 13.4. The number of likely N-dealkylation sites (tertiary alicyclic amines) is 1. The highest BCUT2D eigenvalue weighted by atomic mass is 127. The lowest BCUT2D eigenvalue weighted by molar-refractivity contribution is 0.277. The largest absolute Gasteiger partial charge is 0.354 e. The van der Waals surface area contributed by atoms with Gasteiger partial charge in [0.1, 0.15) is 9.84 Å². The van der Waals surface area contributed by atoms with E-state index in [-0.39, 0.29) is 35.8 Å². The van der Waals surface area contributed by atoms with E-state index in [4.69, 9.17) is 0 Å². The third-order valence-corrected chi connectivity index (χ3v) is 6.06. The number of sulfone groups is 1. The lowest BCUT2D eigenvalue weighted by Crippen LogP contribution is -2.42. The number of guanidine groups is 1. The van der Waals surface area contributed by atoms with E-state index in [1.165, 1.54) is 56.2 Å². The topological polar surface area (TPSA) is 73.8 Å². The Morgan fingerprint density at radius 2 is 1.83 bits per heavy atom. The van der Waals surface area contributed by atoms with Crippen LogP contribution in [0.3, 0.4) is 0 Å². The predicted octanol–water partition coefficient (Wildman–Crippen LogP) is 3.17. The van der Waals surface area contributed by atoms with Gasteiger partial charge in [-0.05, 0) is 50.4 Å². The van der Waals surface area contributed by atoms with Crippen molar-refractivity contribution in [1.29, 1.82) is 0 Å². The van der Waals surface area contributed by atoms with Gasteiger partial charge in [-0.2, -0.15) is 0 Å². The summed E-state index contributed by atoms with van der Waals surface area (Å²) in [6.45, 7) is 6.07. The van der Waals surface area contributed by atoms with Gasteiger partial charge >= 0.3 is 0 Å². The number of rotatable bonds is 8. The van der Waals surface area contributed by atoms with Crippen LogP contribution in [0, 0.1) is 0 Å². The Morgan fingerprint density at radius 3 is 2.45 bits per heavy atom. The zero-order chi connectivity index (χ0) is 20.4. The van der Waals surface area contributed by atoms with Crippen molar-refractivity contribution in [2.75, 3.05) is 32.1 Å². The number of benzene rings is 1. The highest BCUT2D eigenvalue weighted by Crippen LogP contribution is 2.14. The monoisotopic (exact) mass is 536 g/mol. The maximum atomic E-state index is 11.3. The summed E-state index contributed by atoms with van der Waals surface area (Å²) in [6, 6.07) is 8.75. The van der Waals surface area contributed by atoms with Gasteiger partial charge in [-0.15, -0.1) is 24.0 Å². The maximum absolute atomic E-state index is 11.3. The fourth-order valence-electron chi connectivity index (χ4n) is 3.47. The van der Waals surface area contributed by atoms with Crippen molar-refractivity contribution in [2.24, 2.45) is 4.99 Å². The van der Waals surface area contributed by atoms with E-state index in [9.17, 15) is 8.42 Å². The third kappa shape index (κ3) is 11.2. The normalized spacial score (nSPS) is 17.1. The summed E-state index contributed by atoms with van der Waals surface area (Å²) >= 11 is 0. The number of hydrogen-bond acceptors (Lipinski definition) is 4. The van der Waals surface area contributed by atoms with Crippen molar-refractivity contribution < 1.29 is 8.42 Å². The Kier molecular flexibility index (Phi) is 12.1. The molecular formula is C21H37IN4O2S. The molecule has 1 heterocycles. The summed E-state index contributed by atoms with van der Waals surface area (Å²) in [5, 5.41) is 6.59. The first-order chi connectivity index (χ1) is 13.4. The number of hydrogen-bond donors (Lipinski definition) is 2.